The number of hydrogen-bond donors (Lipinski definition) is 1. The fourth-order valence-corrected chi connectivity index (χ4v) is 2.76. The van der Waals surface area contributed by atoms with E-state index in [1.54, 1.807) is 0 Å². The highest BCUT2D eigenvalue weighted by Gasteiger charge is 2.27. The van der Waals surface area contributed by atoms with Crippen molar-refractivity contribution in [3.8, 4) is 0 Å². The molecule has 3 heteroatoms. The lowest BCUT2D eigenvalue weighted by Crippen LogP contribution is -2.36. The van der Waals surface area contributed by atoms with Gasteiger partial charge in [-0.3, -0.25) is 0 Å². The second-order valence-electron chi connectivity index (χ2n) is 5.80. The SMILES string of the molecule is CC1CC(OCCNC(C)C2CC2)CC(C)O1. The summed E-state index contributed by atoms with van der Waals surface area (Å²) >= 11 is 0. The lowest BCUT2D eigenvalue weighted by molar-refractivity contribution is -0.101. The molecule has 0 amide bonds. The number of hydrogen-bond acceptors (Lipinski definition) is 3. The smallest absolute Gasteiger partial charge is 0.0625 e. The van der Waals surface area contributed by atoms with Gasteiger partial charge in [0.2, 0.25) is 0 Å². The molecule has 0 radical (unpaired) electrons. The van der Waals surface area contributed by atoms with Crippen LogP contribution in [0.1, 0.15) is 46.5 Å². The number of ether oxygens (including phenoxy) is 2. The summed E-state index contributed by atoms with van der Waals surface area (Å²) in [5.41, 5.74) is 0. The summed E-state index contributed by atoms with van der Waals surface area (Å²) in [6, 6.07) is 0.672. The van der Waals surface area contributed by atoms with Gasteiger partial charge < -0.3 is 14.8 Å². The number of nitrogens with one attached hydrogen (secondary N) is 1. The quantitative estimate of drug-likeness (QED) is 0.724. The Labute approximate surface area is 105 Å². The maximum absolute atomic E-state index is 5.93. The predicted octanol–water partition coefficient (Wildman–Crippen LogP) is 2.35. The van der Waals surface area contributed by atoms with Crippen LogP contribution in [0, 0.1) is 5.92 Å². The second kappa shape index (κ2) is 6.17. The molecule has 1 saturated heterocycles. The van der Waals surface area contributed by atoms with Crippen LogP contribution >= 0.6 is 0 Å². The zero-order chi connectivity index (χ0) is 12.3. The zero-order valence-corrected chi connectivity index (χ0v) is 11.4. The van der Waals surface area contributed by atoms with E-state index in [2.05, 4.69) is 26.1 Å². The van der Waals surface area contributed by atoms with Crippen LogP contribution in [0.25, 0.3) is 0 Å². The van der Waals surface area contributed by atoms with Crippen LogP contribution in [0.3, 0.4) is 0 Å². The Morgan fingerprint density at radius 3 is 2.47 bits per heavy atom. The van der Waals surface area contributed by atoms with E-state index < -0.39 is 0 Å². The molecule has 3 atom stereocenters. The first-order valence-corrected chi connectivity index (χ1v) is 7.15. The summed E-state index contributed by atoms with van der Waals surface area (Å²) < 4.78 is 11.6. The molecule has 0 aromatic rings. The van der Waals surface area contributed by atoms with E-state index in [4.69, 9.17) is 9.47 Å². The Balaban J connectivity index is 1.54. The van der Waals surface area contributed by atoms with Gasteiger partial charge in [-0.2, -0.15) is 0 Å². The highest BCUT2D eigenvalue weighted by molar-refractivity contribution is 4.83. The minimum absolute atomic E-state index is 0.349. The molecule has 1 saturated carbocycles. The molecular formula is C14H27NO2. The third-order valence-corrected chi connectivity index (χ3v) is 3.91. The van der Waals surface area contributed by atoms with Gasteiger partial charge in [-0.05, 0) is 52.4 Å². The Kier molecular flexibility index (Phi) is 4.83. The van der Waals surface area contributed by atoms with Crippen LogP contribution in [0.4, 0.5) is 0 Å². The van der Waals surface area contributed by atoms with Gasteiger partial charge in [-0.25, -0.2) is 0 Å². The standard InChI is InChI=1S/C14H27NO2/c1-10-8-14(9-11(2)17-10)16-7-6-15-12(3)13-4-5-13/h10-15H,4-9H2,1-3H3. The first-order chi connectivity index (χ1) is 8.15. The van der Waals surface area contributed by atoms with Crippen molar-refractivity contribution >= 4 is 0 Å². The van der Waals surface area contributed by atoms with Gasteiger partial charge in [0.25, 0.3) is 0 Å². The highest BCUT2D eigenvalue weighted by Crippen LogP contribution is 2.32. The summed E-state index contributed by atoms with van der Waals surface area (Å²) in [4.78, 5) is 0. The van der Waals surface area contributed by atoms with Crippen molar-refractivity contribution in [1.82, 2.24) is 5.32 Å². The van der Waals surface area contributed by atoms with Crippen LogP contribution in [-0.2, 0) is 9.47 Å². The molecule has 2 fully saturated rings. The van der Waals surface area contributed by atoms with E-state index in [0.29, 0.717) is 24.4 Å². The third kappa shape index (κ3) is 4.57. The molecule has 0 aromatic carbocycles. The van der Waals surface area contributed by atoms with Gasteiger partial charge in [0.1, 0.15) is 0 Å². The van der Waals surface area contributed by atoms with Gasteiger partial charge in [0, 0.05) is 12.6 Å². The van der Waals surface area contributed by atoms with E-state index in [1.165, 1.54) is 12.8 Å². The van der Waals surface area contributed by atoms with Crippen molar-refractivity contribution in [3.05, 3.63) is 0 Å². The molecule has 3 unspecified atom stereocenters. The largest absolute Gasteiger partial charge is 0.377 e. The predicted molar refractivity (Wildman–Crippen MR) is 69.2 cm³/mol. The zero-order valence-electron chi connectivity index (χ0n) is 11.4. The Morgan fingerprint density at radius 2 is 1.88 bits per heavy atom. The van der Waals surface area contributed by atoms with Crippen molar-refractivity contribution in [2.45, 2.75) is 70.8 Å². The maximum atomic E-state index is 5.93. The van der Waals surface area contributed by atoms with Crippen LogP contribution in [0.2, 0.25) is 0 Å². The van der Waals surface area contributed by atoms with E-state index in [1.807, 2.05) is 0 Å². The molecule has 17 heavy (non-hydrogen) atoms. The molecule has 1 aliphatic carbocycles. The van der Waals surface area contributed by atoms with Crippen molar-refractivity contribution in [3.63, 3.8) is 0 Å². The maximum Gasteiger partial charge on any atom is 0.0625 e. The van der Waals surface area contributed by atoms with E-state index in [9.17, 15) is 0 Å². The van der Waals surface area contributed by atoms with Gasteiger partial charge >= 0.3 is 0 Å². The first kappa shape index (κ1) is 13.3. The highest BCUT2D eigenvalue weighted by atomic mass is 16.5. The third-order valence-electron chi connectivity index (χ3n) is 3.91. The molecule has 0 spiro atoms. The first-order valence-electron chi connectivity index (χ1n) is 7.15. The summed E-state index contributed by atoms with van der Waals surface area (Å²) in [6.45, 7) is 8.38. The molecule has 1 heterocycles. The summed E-state index contributed by atoms with van der Waals surface area (Å²) in [5, 5.41) is 3.55. The molecule has 0 bridgehead atoms. The lowest BCUT2D eigenvalue weighted by Gasteiger charge is -2.32. The van der Waals surface area contributed by atoms with Crippen molar-refractivity contribution in [1.29, 1.82) is 0 Å². The minimum Gasteiger partial charge on any atom is -0.377 e. The molecule has 2 aliphatic rings. The van der Waals surface area contributed by atoms with E-state index >= 15 is 0 Å². The monoisotopic (exact) mass is 241 g/mol. The van der Waals surface area contributed by atoms with E-state index in [0.717, 1.165) is 31.9 Å². The Bertz CT molecular complexity index is 220. The van der Waals surface area contributed by atoms with Crippen LogP contribution < -0.4 is 5.32 Å². The second-order valence-corrected chi connectivity index (χ2v) is 5.80. The van der Waals surface area contributed by atoms with E-state index in [-0.39, 0.29) is 0 Å². The summed E-state index contributed by atoms with van der Waals surface area (Å²) in [5.74, 6) is 0.929. The molecule has 3 nitrogen and oxygen atoms in total. The van der Waals surface area contributed by atoms with Crippen molar-refractivity contribution in [2.24, 2.45) is 5.92 Å². The lowest BCUT2D eigenvalue weighted by atomic mass is 10.0. The van der Waals surface area contributed by atoms with Crippen molar-refractivity contribution in [2.75, 3.05) is 13.2 Å². The van der Waals surface area contributed by atoms with Gasteiger partial charge in [0.15, 0.2) is 0 Å². The van der Waals surface area contributed by atoms with Crippen LogP contribution in [0.5, 0.6) is 0 Å². The molecule has 0 aromatic heterocycles. The average molecular weight is 241 g/mol. The Morgan fingerprint density at radius 1 is 1.24 bits per heavy atom. The van der Waals surface area contributed by atoms with Crippen molar-refractivity contribution < 1.29 is 9.47 Å². The molecule has 100 valence electrons. The van der Waals surface area contributed by atoms with Gasteiger partial charge in [-0.1, -0.05) is 0 Å². The molecule has 1 aliphatic heterocycles. The topological polar surface area (TPSA) is 30.5 Å². The van der Waals surface area contributed by atoms with Gasteiger partial charge in [0.05, 0.1) is 24.9 Å². The average Bonchev–Trinajstić information content (AvgIpc) is 3.06. The summed E-state index contributed by atoms with van der Waals surface area (Å²) in [6.07, 6.45) is 6.00. The fourth-order valence-electron chi connectivity index (χ4n) is 2.76. The van der Waals surface area contributed by atoms with Gasteiger partial charge in [-0.15, -0.1) is 0 Å². The molecular weight excluding hydrogens is 214 g/mol. The minimum atomic E-state index is 0.349. The molecule has 2 rings (SSSR count). The fraction of sp³-hybridized carbons (Fsp3) is 1.00. The number of rotatable bonds is 6. The van der Waals surface area contributed by atoms with Crippen LogP contribution in [-0.4, -0.2) is 37.5 Å². The normalized spacial score (nSPS) is 35.8. The molecule has 1 N–H and O–H groups in total. The Hall–Kier alpha value is -0.120. The summed E-state index contributed by atoms with van der Waals surface area (Å²) in [7, 11) is 0. The van der Waals surface area contributed by atoms with Crippen LogP contribution in [0.15, 0.2) is 0 Å².